The zero-order chi connectivity index (χ0) is 13.1. The van der Waals surface area contributed by atoms with Gasteiger partial charge in [0, 0.05) is 11.8 Å². The number of aliphatic carboxylic acids is 1. The summed E-state index contributed by atoms with van der Waals surface area (Å²) in [6.45, 7) is 2.13. The highest BCUT2D eigenvalue weighted by Crippen LogP contribution is 2.23. The standard InChI is InChI=1S/C13H13FN2O2/c1-9-12(10-3-2-4-11(14)7-10)8-16(15-9)6-5-13(17)18/h2-4,7-8H,5-6H2,1H3,(H,17,18). The minimum Gasteiger partial charge on any atom is -0.481 e. The van der Waals surface area contributed by atoms with Gasteiger partial charge >= 0.3 is 5.97 Å². The third kappa shape index (κ3) is 2.74. The van der Waals surface area contributed by atoms with E-state index in [-0.39, 0.29) is 12.2 Å². The molecule has 1 N–H and O–H groups in total. The molecular weight excluding hydrogens is 235 g/mol. The number of carbonyl (C=O) groups is 1. The van der Waals surface area contributed by atoms with Crippen LogP contribution >= 0.6 is 0 Å². The number of hydrogen-bond acceptors (Lipinski definition) is 2. The zero-order valence-electron chi connectivity index (χ0n) is 9.93. The van der Waals surface area contributed by atoms with Gasteiger partial charge in [-0.2, -0.15) is 5.10 Å². The summed E-state index contributed by atoms with van der Waals surface area (Å²) in [7, 11) is 0. The molecule has 0 bridgehead atoms. The van der Waals surface area contributed by atoms with Gasteiger partial charge in [-0.15, -0.1) is 0 Å². The maximum atomic E-state index is 13.1. The summed E-state index contributed by atoms with van der Waals surface area (Å²) < 4.78 is 14.7. The van der Waals surface area contributed by atoms with Crippen molar-refractivity contribution in [2.45, 2.75) is 19.9 Å². The van der Waals surface area contributed by atoms with Crippen LogP contribution in [0.5, 0.6) is 0 Å². The third-order valence-electron chi connectivity index (χ3n) is 2.64. The Morgan fingerprint density at radius 2 is 2.28 bits per heavy atom. The maximum absolute atomic E-state index is 13.1. The molecule has 0 atom stereocenters. The lowest BCUT2D eigenvalue weighted by molar-refractivity contribution is -0.137. The molecule has 2 rings (SSSR count). The largest absolute Gasteiger partial charge is 0.481 e. The molecule has 18 heavy (non-hydrogen) atoms. The fourth-order valence-corrected chi connectivity index (χ4v) is 1.78. The molecule has 0 unspecified atom stereocenters. The van der Waals surface area contributed by atoms with E-state index in [1.54, 1.807) is 23.0 Å². The second-order valence-electron chi connectivity index (χ2n) is 4.05. The van der Waals surface area contributed by atoms with Crippen molar-refractivity contribution in [3.05, 3.63) is 42.0 Å². The minimum absolute atomic E-state index is 0.0176. The van der Waals surface area contributed by atoms with Crippen LogP contribution in [0.4, 0.5) is 4.39 Å². The summed E-state index contributed by atoms with van der Waals surface area (Å²) >= 11 is 0. The van der Waals surface area contributed by atoms with Crippen LogP contribution in [-0.2, 0) is 11.3 Å². The second kappa shape index (κ2) is 5.00. The van der Waals surface area contributed by atoms with Gasteiger partial charge in [-0.1, -0.05) is 12.1 Å². The van der Waals surface area contributed by atoms with Crippen molar-refractivity contribution in [1.29, 1.82) is 0 Å². The Kier molecular flexibility index (Phi) is 3.41. The van der Waals surface area contributed by atoms with Gasteiger partial charge in [0.1, 0.15) is 5.82 Å². The fourth-order valence-electron chi connectivity index (χ4n) is 1.78. The summed E-state index contributed by atoms with van der Waals surface area (Å²) in [5, 5.41) is 12.8. The lowest BCUT2D eigenvalue weighted by atomic mass is 10.1. The normalized spacial score (nSPS) is 10.6. The SMILES string of the molecule is Cc1nn(CCC(=O)O)cc1-c1cccc(F)c1. The Labute approximate surface area is 104 Å². The van der Waals surface area contributed by atoms with Gasteiger partial charge in [-0.05, 0) is 24.6 Å². The number of hydrogen-bond donors (Lipinski definition) is 1. The van der Waals surface area contributed by atoms with Crippen molar-refractivity contribution in [3.63, 3.8) is 0 Å². The van der Waals surface area contributed by atoms with Crippen LogP contribution in [0.15, 0.2) is 30.5 Å². The van der Waals surface area contributed by atoms with Crippen molar-refractivity contribution in [2.75, 3.05) is 0 Å². The van der Waals surface area contributed by atoms with Gasteiger partial charge in [-0.25, -0.2) is 4.39 Å². The van der Waals surface area contributed by atoms with Crippen molar-refractivity contribution < 1.29 is 14.3 Å². The average Bonchev–Trinajstić information content (AvgIpc) is 2.68. The molecule has 0 saturated heterocycles. The molecule has 94 valence electrons. The van der Waals surface area contributed by atoms with E-state index < -0.39 is 5.97 Å². The highest BCUT2D eigenvalue weighted by Gasteiger charge is 2.08. The summed E-state index contributed by atoms with van der Waals surface area (Å²) in [6, 6.07) is 6.26. The van der Waals surface area contributed by atoms with Crippen molar-refractivity contribution >= 4 is 5.97 Å². The lowest BCUT2D eigenvalue weighted by Gasteiger charge is -1.98. The molecule has 0 aliphatic heterocycles. The molecule has 0 aliphatic rings. The van der Waals surface area contributed by atoms with Gasteiger partial charge in [0.25, 0.3) is 0 Å². The molecule has 2 aromatic rings. The minimum atomic E-state index is -0.865. The summed E-state index contributed by atoms with van der Waals surface area (Å²) in [4.78, 5) is 10.5. The van der Waals surface area contributed by atoms with Gasteiger partial charge in [0.05, 0.1) is 18.7 Å². The number of benzene rings is 1. The van der Waals surface area contributed by atoms with Crippen LogP contribution in [0, 0.1) is 12.7 Å². The molecule has 0 radical (unpaired) electrons. The molecule has 1 aromatic carbocycles. The Morgan fingerprint density at radius 1 is 1.50 bits per heavy atom. The number of aryl methyl sites for hydroxylation is 2. The van der Waals surface area contributed by atoms with E-state index in [2.05, 4.69) is 5.10 Å². The number of nitrogens with zero attached hydrogens (tertiary/aromatic N) is 2. The first-order valence-corrected chi connectivity index (χ1v) is 5.58. The van der Waals surface area contributed by atoms with Gasteiger partial charge in [0.15, 0.2) is 0 Å². The quantitative estimate of drug-likeness (QED) is 0.904. The van der Waals surface area contributed by atoms with E-state index >= 15 is 0 Å². The van der Waals surface area contributed by atoms with Crippen molar-refractivity contribution in [3.8, 4) is 11.1 Å². The van der Waals surface area contributed by atoms with E-state index in [1.807, 2.05) is 6.92 Å². The number of halogens is 1. The molecule has 1 heterocycles. The Hall–Kier alpha value is -2.17. The second-order valence-corrected chi connectivity index (χ2v) is 4.05. The number of aromatic nitrogens is 2. The molecular formula is C13H13FN2O2. The number of carboxylic acids is 1. The molecule has 5 heteroatoms. The predicted molar refractivity (Wildman–Crippen MR) is 64.6 cm³/mol. The van der Waals surface area contributed by atoms with Crippen LogP contribution in [-0.4, -0.2) is 20.9 Å². The van der Waals surface area contributed by atoms with Gasteiger partial charge < -0.3 is 5.11 Å². The van der Waals surface area contributed by atoms with E-state index in [1.165, 1.54) is 12.1 Å². The molecule has 4 nitrogen and oxygen atoms in total. The molecule has 0 amide bonds. The van der Waals surface area contributed by atoms with Crippen LogP contribution in [0.25, 0.3) is 11.1 Å². The highest BCUT2D eigenvalue weighted by molar-refractivity contribution is 5.67. The monoisotopic (exact) mass is 248 g/mol. The topological polar surface area (TPSA) is 55.1 Å². The molecule has 1 aromatic heterocycles. The molecule has 0 spiro atoms. The van der Waals surface area contributed by atoms with E-state index in [0.29, 0.717) is 6.54 Å². The highest BCUT2D eigenvalue weighted by atomic mass is 19.1. The first-order valence-electron chi connectivity index (χ1n) is 5.58. The van der Waals surface area contributed by atoms with E-state index in [0.717, 1.165) is 16.8 Å². The third-order valence-corrected chi connectivity index (χ3v) is 2.64. The first kappa shape index (κ1) is 12.3. The first-order chi connectivity index (χ1) is 8.56. The fraction of sp³-hybridized carbons (Fsp3) is 0.231. The van der Waals surface area contributed by atoms with Crippen LogP contribution < -0.4 is 0 Å². The van der Waals surface area contributed by atoms with E-state index in [4.69, 9.17) is 5.11 Å². The molecule has 0 saturated carbocycles. The molecule has 0 fully saturated rings. The Bertz CT molecular complexity index is 578. The number of rotatable bonds is 4. The zero-order valence-corrected chi connectivity index (χ0v) is 9.93. The van der Waals surface area contributed by atoms with Crippen LogP contribution in [0.2, 0.25) is 0 Å². The van der Waals surface area contributed by atoms with Gasteiger partial charge in [-0.3, -0.25) is 9.48 Å². The summed E-state index contributed by atoms with van der Waals surface area (Å²) in [5.41, 5.74) is 2.32. The van der Waals surface area contributed by atoms with Crippen LogP contribution in [0.3, 0.4) is 0 Å². The average molecular weight is 248 g/mol. The van der Waals surface area contributed by atoms with Gasteiger partial charge in [0.2, 0.25) is 0 Å². The molecule has 0 aliphatic carbocycles. The maximum Gasteiger partial charge on any atom is 0.305 e. The summed E-state index contributed by atoms with van der Waals surface area (Å²) in [6.07, 6.45) is 1.76. The van der Waals surface area contributed by atoms with Crippen LogP contribution in [0.1, 0.15) is 12.1 Å². The van der Waals surface area contributed by atoms with Crippen molar-refractivity contribution in [1.82, 2.24) is 9.78 Å². The van der Waals surface area contributed by atoms with Crippen molar-refractivity contribution in [2.24, 2.45) is 0 Å². The smallest absolute Gasteiger partial charge is 0.305 e. The lowest BCUT2D eigenvalue weighted by Crippen LogP contribution is -2.04. The Morgan fingerprint density at radius 3 is 2.94 bits per heavy atom. The number of carboxylic acid groups (broad SMARTS) is 1. The summed E-state index contributed by atoms with van der Waals surface area (Å²) in [5.74, 6) is -1.17. The van der Waals surface area contributed by atoms with E-state index in [9.17, 15) is 9.18 Å². The predicted octanol–water partition coefficient (Wildman–Crippen LogP) is 2.47. The Balaban J connectivity index is 2.26.